The Hall–Kier alpha value is -1.05. The summed E-state index contributed by atoms with van der Waals surface area (Å²) in [5.41, 5.74) is 1.24. The third-order valence-corrected chi connectivity index (χ3v) is 2.98. The van der Waals surface area contributed by atoms with Gasteiger partial charge in [-0.05, 0) is 37.8 Å². The molecular formula is C13H20N2. The minimum atomic E-state index is 1.10. The van der Waals surface area contributed by atoms with E-state index in [1.807, 2.05) is 0 Å². The summed E-state index contributed by atoms with van der Waals surface area (Å²) in [6.07, 6.45) is 6.29. The van der Waals surface area contributed by atoms with Crippen molar-refractivity contribution in [3.63, 3.8) is 0 Å². The first-order valence-corrected chi connectivity index (χ1v) is 6.11. The molecule has 2 heteroatoms. The van der Waals surface area contributed by atoms with Crippen molar-refractivity contribution in [2.45, 2.75) is 39.0 Å². The molecule has 2 nitrogen and oxygen atoms in total. The lowest BCUT2D eigenvalue weighted by Gasteiger charge is -2.27. The topological polar surface area (TPSA) is 16.1 Å². The van der Waals surface area contributed by atoms with Crippen LogP contribution in [0.4, 0.5) is 5.82 Å². The fourth-order valence-corrected chi connectivity index (χ4v) is 2.16. The van der Waals surface area contributed by atoms with Gasteiger partial charge in [0.05, 0.1) is 0 Å². The Bertz CT molecular complexity index is 303. The molecule has 0 spiro atoms. The molecule has 0 unspecified atom stereocenters. The fraction of sp³-hybridized carbons (Fsp3) is 0.615. The van der Waals surface area contributed by atoms with Crippen molar-refractivity contribution >= 4 is 5.82 Å². The van der Waals surface area contributed by atoms with Gasteiger partial charge in [-0.2, -0.15) is 0 Å². The highest BCUT2D eigenvalue weighted by atomic mass is 15.2. The predicted molar refractivity (Wildman–Crippen MR) is 64.3 cm³/mol. The number of piperidine rings is 1. The predicted octanol–water partition coefficient (Wildman–Crippen LogP) is 3.02. The highest BCUT2D eigenvalue weighted by Crippen LogP contribution is 2.17. The molecule has 2 rings (SSSR count). The van der Waals surface area contributed by atoms with Crippen molar-refractivity contribution < 1.29 is 0 Å². The minimum Gasteiger partial charge on any atom is -0.357 e. The SMILES string of the molecule is CCCc1cccc(N2CCCCC2)n1. The van der Waals surface area contributed by atoms with E-state index >= 15 is 0 Å². The maximum Gasteiger partial charge on any atom is 0.128 e. The average Bonchev–Trinajstić information content (AvgIpc) is 2.31. The van der Waals surface area contributed by atoms with Gasteiger partial charge in [0, 0.05) is 18.8 Å². The maximum absolute atomic E-state index is 4.71. The number of pyridine rings is 1. The second kappa shape index (κ2) is 5.15. The smallest absolute Gasteiger partial charge is 0.128 e. The van der Waals surface area contributed by atoms with Crippen LogP contribution in [-0.4, -0.2) is 18.1 Å². The molecule has 2 heterocycles. The standard InChI is InChI=1S/C13H20N2/c1-2-7-12-8-6-9-13(14-12)15-10-4-3-5-11-15/h6,8-9H,2-5,7,10-11H2,1H3. The molecule has 1 aromatic heterocycles. The second-order valence-corrected chi connectivity index (χ2v) is 4.28. The summed E-state index contributed by atoms with van der Waals surface area (Å²) in [5.74, 6) is 1.18. The first kappa shape index (κ1) is 10.5. The van der Waals surface area contributed by atoms with Gasteiger partial charge in [-0.1, -0.05) is 19.4 Å². The van der Waals surface area contributed by atoms with Gasteiger partial charge in [-0.15, -0.1) is 0 Å². The van der Waals surface area contributed by atoms with Crippen molar-refractivity contribution in [2.75, 3.05) is 18.0 Å². The van der Waals surface area contributed by atoms with Crippen molar-refractivity contribution in [3.8, 4) is 0 Å². The van der Waals surface area contributed by atoms with Crippen LogP contribution in [0.5, 0.6) is 0 Å². The largest absolute Gasteiger partial charge is 0.357 e. The second-order valence-electron chi connectivity index (χ2n) is 4.28. The van der Waals surface area contributed by atoms with E-state index in [1.54, 1.807) is 0 Å². The Labute approximate surface area is 92.3 Å². The van der Waals surface area contributed by atoms with Crippen molar-refractivity contribution in [3.05, 3.63) is 23.9 Å². The van der Waals surface area contributed by atoms with E-state index in [4.69, 9.17) is 4.98 Å². The lowest BCUT2D eigenvalue weighted by atomic mass is 10.1. The highest BCUT2D eigenvalue weighted by molar-refractivity contribution is 5.39. The first-order valence-electron chi connectivity index (χ1n) is 6.11. The Morgan fingerprint density at radius 3 is 2.73 bits per heavy atom. The molecule has 1 aliphatic heterocycles. The molecule has 1 fully saturated rings. The monoisotopic (exact) mass is 204 g/mol. The lowest BCUT2D eigenvalue weighted by molar-refractivity contribution is 0.572. The minimum absolute atomic E-state index is 1.10. The van der Waals surface area contributed by atoms with Gasteiger partial charge in [0.1, 0.15) is 5.82 Å². The van der Waals surface area contributed by atoms with Crippen LogP contribution in [0.3, 0.4) is 0 Å². The van der Waals surface area contributed by atoms with Gasteiger partial charge in [-0.3, -0.25) is 0 Å². The van der Waals surface area contributed by atoms with Crippen LogP contribution in [0, 0.1) is 0 Å². The highest BCUT2D eigenvalue weighted by Gasteiger charge is 2.11. The van der Waals surface area contributed by atoms with E-state index < -0.39 is 0 Å². The number of hydrogen-bond donors (Lipinski definition) is 0. The van der Waals surface area contributed by atoms with E-state index in [2.05, 4.69) is 30.0 Å². The van der Waals surface area contributed by atoms with Crippen LogP contribution in [0.1, 0.15) is 38.3 Å². The summed E-state index contributed by atoms with van der Waals surface area (Å²) >= 11 is 0. The molecule has 0 saturated carbocycles. The van der Waals surface area contributed by atoms with Crippen LogP contribution >= 0.6 is 0 Å². The quantitative estimate of drug-likeness (QED) is 0.752. The van der Waals surface area contributed by atoms with Crippen LogP contribution < -0.4 is 4.90 Å². The number of aromatic nitrogens is 1. The molecule has 0 bridgehead atoms. The molecular weight excluding hydrogens is 184 g/mol. The number of anilines is 1. The summed E-state index contributed by atoms with van der Waals surface area (Å²) in [6, 6.07) is 6.42. The molecule has 15 heavy (non-hydrogen) atoms. The third kappa shape index (κ3) is 2.71. The van der Waals surface area contributed by atoms with Gasteiger partial charge in [0.25, 0.3) is 0 Å². The zero-order valence-corrected chi connectivity index (χ0v) is 9.58. The number of rotatable bonds is 3. The zero-order chi connectivity index (χ0) is 10.5. The molecule has 1 aliphatic rings. The number of hydrogen-bond acceptors (Lipinski definition) is 2. The van der Waals surface area contributed by atoms with E-state index in [9.17, 15) is 0 Å². The van der Waals surface area contributed by atoms with Crippen molar-refractivity contribution in [1.29, 1.82) is 0 Å². The van der Waals surface area contributed by atoms with Crippen molar-refractivity contribution in [2.24, 2.45) is 0 Å². The van der Waals surface area contributed by atoms with Crippen molar-refractivity contribution in [1.82, 2.24) is 4.98 Å². The van der Waals surface area contributed by atoms with Gasteiger partial charge >= 0.3 is 0 Å². The van der Waals surface area contributed by atoms with E-state index in [1.165, 1.54) is 50.3 Å². The third-order valence-electron chi connectivity index (χ3n) is 2.98. The van der Waals surface area contributed by atoms with Crippen LogP contribution in [0.15, 0.2) is 18.2 Å². The summed E-state index contributed by atoms with van der Waals surface area (Å²) < 4.78 is 0. The molecule has 0 atom stereocenters. The summed E-state index contributed by atoms with van der Waals surface area (Å²) in [7, 11) is 0. The van der Waals surface area contributed by atoms with Crippen LogP contribution in [-0.2, 0) is 6.42 Å². The first-order chi connectivity index (χ1) is 7.40. The van der Waals surface area contributed by atoms with E-state index in [-0.39, 0.29) is 0 Å². The summed E-state index contributed by atoms with van der Waals surface area (Å²) in [6.45, 7) is 4.57. The van der Waals surface area contributed by atoms with E-state index in [0.29, 0.717) is 0 Å². The Morgan fingerprint density at radius 2 is 2.00 bits per heavy atom. The normalized spacial score (nSPS) is 16.7. The molecule has 1 aromatic rings. The maximum atomic E-state index is 4.71. The molecule has 0 aromatic carbocycles. The molecule has 0 radical (unpaired) electrons. The molecule has 1 saturated heterocycles. The fourth-order valence-electron chi connectivity index (χ4n) is 2.16. The van der Waals surface area contributed by atoms with E-state index in [0.717, 1.165) is 6.42 Å². The Balaban J connectivity index is 2.09. The zero-order valence-electron chi connectivity index (χ0n) is 9.58. The average molecular weight is 204 g/mol. The van der Waals surface area contributed by atoms with Crippen LogP contribution in [0.2, 0.25) is 0 Å². The molecule has 82 valence electrons. The van der Waals surface area contributed by atoms with Gasteiger partial charge < -0.3 is 4.90 Å². The Kier molecular flexibility index (Phi) is 3.59. The Morgan fingerprint density at radius 1 is 1.20 bits per heavy atom. The van der Waals surface area contributed by atoms with Gasteiger partial charge in [0.2, 0.25) is 0 Å². The summed E-state index contributed by atoms with van der Waals surface area (Å²) in [5, 5.41) is 0. The molecule has 0 N–H and O–H groups in total. The number of aryl methyl sites for hydroxylation is 1. The lowest BCUT2D eigenvalue weighted by Crippen LogP contribution is -2.30. The van der Waals surface area contributed by atoms with Gasteiger partial charge in [-0.25, -0.2) is 4.98 Å². The number of nitrogens with zero attached hydrogens (tertiary/aromatic N) is 2. The van der Waals surface area contributed by atoms with Gasteiger partial charge in [0.15, 0.2) is 0 Å². The molecule has 0 aliphatic carbocycles. The van der Waals surface area contributed by atoms with Crippen LogP contribution in [0.25, 0.3) is 0 Å². The summed E-state index contributed by atoms with van der Waals surface area (Å²) in [4.78, 5) is 7.13. The molecule has 0 amide bonds.